The fourth-order valence-corrected chi connectivity index (χ4v) is 4.01. The molecule has 0 bridgehead atoms. The first-order chi connectivity index (χ1) is 14.6. The van der Waals surface area contributed by atoms with Crippen LogP contribution in [0.3, 0.4) is 0 Å². The number of morpholine rings is 1. The van der Waals surface area contributed by atoms with Crippen LogP contribution in [0.5, 0.6) is 0 Å². The van der Waals surface area contributed by atoms with E-state index in [1.807, 2.05) is 25.1 Å². The van der Waals surface area contributed by atoms with Gasteiger partial charge in [-0.1, -0.05) is 23.7 Å². The molecule has 0 amide bonds. The maximum atomic E-state index is 6.26. The van der Waals surface area contributed by atoms with Crippen LogP contribution >= 0.6 is 11.6 Å². The minimum atomic E-state index is 0.209. The zero-order valence-electron chi connectivity index (χ0n) is 18.2. The molecule has 7 nitrogen and oxygen atoms in total. The second kappa shape index (κ2) is 11.3. The van der Waals surface area contributed by atoms with Gasteiger partial charge in [0.25, 0.3) is 0 Å². The highest BCUT2D eigenvalue weighted by molar-refractivity contribution is 6.30. The average Bonchev–Trinajstić information content (AvgIpc) is 3.07. The molecule has 1 aromatic heterocycles. The highest BCUT2D eigenvalue weighted by Crippen LogP contribution is 2.23. The van der Waals surface area contributed by atoms with Gasteiger partial charge in [0.2, 0.25) is 0 Å². The minimum absolute atomic E-state index is 0.209. The van der Waals surface area contributed by atoms with E-state index in [2.05, 4.69) is 49.4 Å². The standard InChI is InChI=1S/C22H33ClN6O/c1-17-14-18(2)29(27-17)9-5-8-25-22(24-3)26-16-21(28-10-12-30-13-11-28)19-6-4-7-20(23)15-19/h4,6-7,14-15,21H,5,8-13,16H2,1-3H3,(H2,24,25,26). The van der Waals surface area contributed by atoms with Crippen LogP contribution in [0.25, 0.3) is 0 Å². The van der Waals surface area contributed by atoms with Crippen LogP contribution in [0.15, 0.2) is 35.3 Å². The molecule has 2 aromatic rings. The van der Waals surface area contributed by atoms with Crippen molar-refractivity contribution in [2.24, 2.45) is 4.99 Å². The number of guanidine groups is 1. The smallest absolute Gasteiger partial charge is 0.191 e. The second-order valence-electron chi connectivity index (χ2n) is 7.60. The predicted octanol–water partition coefficient (Wildman–Crippen LogP) is 2.78. The Morgan fingerprint density at radius 3 is 2.70 bits per heavy atom. The molecule has 1 fully saturated rings. The molecule has 3 rings (SSSR count). The number of hydrogen-bond donors (Lipinski definition) is 2. The molecule has 2 N–H and O–H groups in total. The first kappa shape index (κ1) is 22.6. The lowest BCUT2D eigenvalue weighted by molar-refractivity contribution is 0.0170. The summed E-state index contributed by atoms with van der Waals surface area (Å²) in [5.41, 5.74) is 3.47. The summed E-state index contributed by atoms with van der Waals surface area (Å²) in [5.74, 6) is 0.809. The SMILES string of the molecule is CN=C(NCCCn1nc(C)cc1C)NCC(c1cccc(Cl)c1)N1CCOCC1. The molecule has 164 valence electrons. The number of hydrogen-bond acceptors (Lipinski definition) is 4. The van der Waals surface area contributed by atoms with Crippen molar-refractivity contribution >= 4 is 17.6 Å². The number of halogens is 1. The van der Waals surface area contributed by atoms with Crippen molar-refractivity contribution in [3.63, 3.8) is 0 Å². The fraction of sp³-hybridized carbons (Fsp3) is 0.545. The normalized spacial score (nSPS) is 16.5. The van der Waals surface area contributed by atoms with Crippen LogP contribution in [0, 0.1) is 13.8 Å². The van der Waals surface area contributed by atoms with E-state index >= 15 is 0 Å². The van der Waals surface area contributed by atoms with Gasteiger partial charge in [0, 0.05) is 50.5 Å². The highest BCUT2D eigenvalue weighted by Gasteiger charge is 2.23. The Morgan fingerprint density at radius 2 is 2.03 bits per heavy atom. The topological polar surface area (TPSA) is 66.7 Å². The Balaban J connectivity index is 1.53. The predicted molar refractivity (Wildman–Crippen MR) is 122 cm³/mol. The molecular weight excluding hydrogens is 400 g/mol. The number of nitrogens with zero attached hydrogens (tertiary/aromatic N) is 4. The number of ether oxygens (including phenoxy) is 1. The lowest BCUT2D eigenvalue weighted by atomic mass is 10.0. The van der Waals surface area contributed by atoms with Crippen molar-refractivity contribution in [2.45, 2.75) is 32.9 Å². The number of aliphatic imine (C=N–C) groups is 1. The van der Waals surface area contributed by atoms with E-state index in [1.165, 1.54) is 11.3 Å². The molecular formula is C22H33ClN6O. The van der Waals surface area contributed by atoms with Crippen molar-refractivity contribution in [1.29, 1.82) is 0 Å². The third-order valence-corrected chi connectivity index (χ3v) is 5.58. The maximum Gasteiger partial charge on any atom is 0.191 e. The average molecular weight is 433 g/mol. The van der Waals surface area contributed by atoms with Crippen molar-refractivity contribution in [3.05, 3.63) is 52.3 Å². The Bertz CT molecular complexity index is 831. The van der Waals surface area contributed by atoms with E-state index in [9.17, 15) is 0 Å². The van der Waals surface area contributed by atoms with Crippen molar-refractivity contribution in [3.8, 4) is 0 Å². The molecule has 2 heterocycles. The third-order valence-electron chi connectivity index (χ3n) is 5.35. The van der Waals surface area contributed by atoms with Gasteiger partial charge in [-0.2, -0.15) is 5.10 Å². The van der Waals surface area contributed by atoms with E-state index in [0.717, 1.165) is 69.0 Å². The highest BCUT2D eigenvalue weighted by atomic mass is 35.5. The summed E-state index contributed by atoms with van der Waals surface area (Å²) in [6.45, 7) is 9.93. The van der Waals surface area contributed by atoms with E-state index in [4.69, 9.17) is 16.3 Å². The van der Waals surface area contributed by atoms with Crippen LogP contribution < -0.4 is 10.6 Å². The van der Waals surface area contributed by atoms with E-state index in [0.29, 0.717) is 0 Å². The van der Waals surface area contributed by atoms with Gasteiger partial charge < -0.3 is 15.4 Å². The lowest BCUT2D eigenvalue weighted by Crippen LogP contribution is -2.46. The summed E-state index contributed by atoms with van der Waals surface area (Å²) >= 11 is 6.26. The Morgan fingerprint density at radius 1 is 1.23 bits per heavy atom. The summed E-state index contributed by atoms with van der Waals surface area (Å²) in [5, 5.41) is 12.2. The monoisotopic (exact) mass is 432 g/mol. The van der Waals surface area contributed by atoms with Gasteiger partial charge in [-0.25, -0.2) is 0 Å². The zero-order valence-corrected chi connectivity index (χ0v) is 19.0. The van der Waals surface area contributed by atoms with Crippen LogP contribution in [0.4, 0.5) is 0 Å². The van der Waals surface area contributed by atoms with Crippen LogP contribution in [-0.4, -0.2) is 67.1 Å². The Kier molecular flexibility index (Phi) is 8.54. The Labute approximate surface area is 184 Å². The van der Waals surface area contributed by atoms with Gasteiger partial charge in [-0.3, -0.25) is 14.6 Å². The van der Waals surface area contributed by atoms with Gasteiger partial charge in [0.15, 0.2) is 5.96 Å². The van der Waals surface area contributed by atoms with E-state index in [1.54, 1.807) is 7.05 Å². The van der Waals surface area contributed by atoms with Gasteiger partial charge in [0.05, 0.1) is 24.9 Å². The lowest BCUT2D eigenvalue weighted by Gasteiger charge is -2.35. The first-order valence-electron chi connectivity index (χ1n) is 10.6. The fourth-order valence-electron chi connectivity index (χ4n) is 3.81. The largest absolute Gasteiger partial charge is 0.379 e. The van der Waals surface area contributed by atoms with Crippen LogP contribution in [0.2, 0.25) is 5.02 Å². The molecule has 1 unspecified atom stereocenters. The van der Waals surface area contributed by atoms with E-state index < -0.39 is 0 Å². The summed E-state index contributed by atoms with van der Waals surface area (Å²) in [4.78, 5) is 6.83. The molecule has 1 saturated heterocycles. The first-order valence-corrected chi connectivity index (χ1v) is 11.0. The number of nitrogens with one attached hydrogen (secondary N) is 2. The molecule has 0 radical (unpaired) electrons. The van der Waals surface area contributed by atoms with Crippen molar-refractivity contribution in [2.75, 3.05) is 46.4 Å². The van der Waals surface area contributed by atoms with Crippen molar-refractivity contribution < 1.29 is 4.74 Å². The summed E-state index contributed by atoms with van der Waals surface area (Å²) in [7, 11) is 1.81. The number of benzene rings is 1. The molecule has 0 spiro atoms. The summed E-state index contributed by atoms with van der Waals surface area (Å²) in [6.07, 6.45) is 0.976. The molecule has 0 saturated carbocycles. The molecule has 0 aliphatic carbocycles. The maximum absolute atomic E-state index is 6.26. The summed E-state index contributed by atoms with van der Waals surface area (Å²) < 4.78 is 7.59. The minimum Gasteiger partial charge on any atom is -0.379 e. The molecule has 8 heteroatoms. The second-order valence-corrected chi connectivity index (χ2v) is 8.04. The number of rotatable bonds is 8. The van der Waals surface area contributed by atoms with E-state index in [-0.39, 0.29) is 6.04 Å². The molecule has 1 aromatic carbocycles. The van der Waals surface area contributed by atoms with Gasteiger partial charge in [-0.15, -0.1) is 0 Å². The van der Waals surface area contributed by atoms with Crippen LogP contribution in [0.1, 0.15) is 29.4 Å². The van der Waals surface area contributed by atoms with Gasteiger partial charge in [0.1, 0.15) is 0 Å². The van der Waals surface area contributed by atoms with Gasteiger partial charge in [-0.05, 0) is 44.0 Å². The quantitative estimate of drug-likeness (QED) is 0.381. The summed E-state index contributed by atoms with van der Waals surface area (Å²) in [6, 6.07) is 10.4. The van der Waals surface area contributed by atoms with Crippen molar-refractivity contribution in [1.82, 2.24) is 25.3 Å². The zero-order chi connectivity index (χ0) is 21.3. The number of aryl methyl sites for hydroxylation is 3. The molecule has 30 heavy (non-hydrogen) atoms. The Hall–Kier alpha value is -2.09. The van der Waals surface area contributed by atoms with Gasteiger partial charge >= 0.3 is 0 Å². The third kappa shape index (κ3) is 6.45. The molecule has 1 aliphatic rings. The molecule has 1 aliphatic heterocycles. The van der Waals surface area contributed by atoms with Crippen LogP contribution in [-0.2, 0) is 11.3 Å². The number of aromatic nitrogens is 2. The molecule has 1 atom stereocenters.